The Labute approximate surface area is 201 Å². The molecule has 1 aliphatic heterocycles. The van der Waals surface area contributed by atoms with E-state index in [4.69, 9.17) is 10.5 Å². The number of hydrogen-bond acceptors (Lipinski definition) is 7. The summed E-state index contributed by atoms with van der Waals surface area (Å²) < 4.78 is 18.9. The van der Waals surface area contributed by atoms with Gasteiger partial charge in [0.05, 0.1) is 22.3 Å². The van der Waals surface area contributed by atoms with E-state index in [0.29, 0.717) is 35.6 Å². The van der Waals surface area contributed by atoms with E-state index in [0.717, 1.165) is 5.57 Å². The minimum Gasteiger partial charge on any atom is -0.444 e. The quantitative estimate of drug-likeness (QED) is 0.618. The van der Waals surface area contributed by atoms with Crippen molar-refractivity contribution >= 4 is 34.6 Å². The number of rotatable bonds is 3. The molecule has 178 valence electrons. The Hall–Kier alpha value is -3.33. The number of fused-ring (bicyclic) bond motifs is 1. The second-order valence-corrected chi connectivity index (χ2v) is 10.2. The number of benzene rings is 1. The molecule has 0 radical (unpaired) electrons. The lowest BCUT2D eigenvalue weighted by molar-refractivity contribution is 0.0138. The van der Waals surface area contributed by atoms with Crippen LogP contribution >= 0.6 is 11.3 Å². The number of halogens is 1. The summed E-state index contributed by atoms with van der Waals surface area (Å²) in [7, 11) is 0. The second kappa shape index (κ2) is 9.13. The topological polar surface area (TPSA) is 97.9 Å². The fourth-order valence-electron chi connectivity index (χ4n) is 4.31. The van der Waals surface area contributed by atoms with Gasteiger partial charge in [0.15, 0.2) is 5.78 Å². The Kier molecular flexibility index (Phi) is 6.40. The summed E-state index contributed by atoms with van der Waals surface area (Å²) in [5.41, 5.74) is 9.04. The van der Waals surface area contributed by atoms with Crippen LogP contribution in [0.15, 0.2) is 63.6 Å². The van der Waals surface area contributed by atoms with Crippen molar-refractivity contribution in [3.05, 3.63) is 70.1 Å². The van der Waals surface area contributed by atoms with Crippen molar-refractivity contribution in [2.75, 3.05) is 13.1 Å². The van der Waals surface area contributed by atoms with Crippen molar-refractivity contribution in [1.29, 1.82) is 0 Å². The Morgan fingerprint density at radius 3 is 2.65 bits per heavy atom. The van der Waals surface area contributed by atoms with E-state index in [1.807, 2.05) is 26.8 Å². The van der Waals surface area contributed by atoms with Crippen LogP contribution in [-0.2, 0) is 4.74 Å². The molecule has 1 saturated heterocycles. The van der Waals surface area contributed by atoms with Gasteiger partial charge in [-0.1, -0.05) is 5.57 Å². The molecule has 0 saturated carbocycles. The summed E-state index contributed by atoms with van der Waals surface area (Å²) in [6.07, 6.45) is 3.61. The molecule has 0 unspecified atom stereocenters. The van der Waals surface area contributed by atoms with Crippen LogP contribution in [0.4, 0.5) is 14.9 Å². The molecule has 1 aromatic carbocycles. The number of carbonyl (C=O) groups excluding carboxylic acids is 2. The maximum atomic E-state index is 13.8. The number of thiazole rings is 1. The molecular weight excluding hydrogens is 455 g/mol. The number of nitrogens with two attached hydrogens (primary N) is 1. The standard InChI is InChI=1S/C25H27FN4O3S/c1-24(2,3)33-23(32)30-9-8-17-10-20(29-19-6-4-18(26)5-7-19)16(12-27)11-25(17,14-30)22(31)21-13-34-15-28-21/h4-7,10,12-13,15H,8-9,11,14,27H2,1-3H3/t25-/m0/s1. The molecular formula is C25H27FN4O3S. The lowest BCUT2D eigenvalue weighted by Crippen LogP contribution is -2.54. The third kappa shape index (κ3) is 4.79. The van der Waals surface area contributed by atoms with E-state index in [-0.39, 0.29) is 24.6 Å². The highest BCUT2D eigenvalue weighted by Gasteiger charge is 2.50. The van der Waals surface area contributed by atoms with Crippen LogP contribution < -0.4 is 5.73 Å². The first-order chi connectivity index (χ1) is 16.1. The Morgan fingerprint density at radius 1 is 1.29 bits per heavy atom. The minimum atomic E-state index is -1.02. The number of aliphatic imine (C=N–C) groups is 1. The molecule has 2 heterocycles. The molecule has 1 fully saturated rings. The zero-order valence-corrected chi connectivity index (χ0v) is 20.2. The van der Waals surface area contributed by atoms with Crippen molar-refractivity contribution < 1.29 is 18.7 Å². The summed E-state index contributed by atoms with van der Waals surface area (Å²) >= 11 is 1.34. The van der Waals surface area contributed by atoms with Crippen LogP contribution in [0.2, 0.25) is 0 Å². The number of piperidine rings is 1. The summed E-state index contributed by atoms with van der Waals surface area (Å²) in [4.78, 5) is 37.2. The first-order valence-electron chi connectivity index (χ1n) is 11.0. The van der Waals surface area contributed by atoms with Crippen LogP contribution in [0.25, 0.3) is 0 Å². The number of hydrogen-bond donors (Lipinski definition) is 1. The van der Waals surface area contributed by atoms with Crippen molar-refractivity contribution in [2.45, 2.75) is 39.2 Å². The average Bonchev–Trinajstić information content (AvgIpc) is 3.33. The first kappa shape index (κ1) is 23.8. The van der Waals surface area contributed by atoms with E-state index in [1.165, 1.54) is 29.7 Å². The molecule has 9 heteroatoms. The predicted molar refractivity (Wildman–Crippen MR) is 130 cm³/mol. The highest BCUT2D eigenvalue weighted by Crippen LogP contribution is 2.47. The second-order valence-electron chi connectivity index (χ2n) is 9.45. The van der Waals surface area contributed by atoms with Gasteiger partial charge in [-0.2, -0.15) is 0 Å². The number of likely N-dealkylation sites (tertiary alicyclic amines) is 1. The van der Waals surface area contributed by atoms with Crippen molar-refractivity contribution in [2.24, 2.45) is 16.1 Å². The number of ketones is 1. The average molecular weight is 483 g/mol. The number of Topliss-reactive ketones (excluding diaryl/α,β-unsaturated/α-hetero) is 1. The molecule has 1 amide bonds. The van der Waals surface area contributed by atoms with Crippen LogP contribution in [-0.4, -0.2) is 46.2 Å². The first-order valence-corrected chi connectivity index (χ1v) is 11.9. The van der Waals surface area contributed by atoms with Gasteiger partial charge in [-0.05, 0) is 75.7 Å². The molecule has 2 aliphatic rings. The number of ether oxygens (including phenoxy) is 1. The van der Waals surface area contributed by atoms with Gasteiger partial charge in [0.25, 0.3) is 0 Å². The van der Waals surface area contributed by atoms with E-state index in [2.05, 4.69) is 9.98 Å². The van der Waals surface area contributed by atoms with Gasteiger partial charge in [0, 0.05) is 18.5 Å². The molecule has 0 spiro atoms. The monoisotopic (exact) mass is 482 g/mol. The van der Waals surface area contributed by atoms with Crippen LogP contribution in [0.1, 0.15) is 44.1 Å². The van der Waals surface area contributed by atoms with Gasteiger partial charge in [0.1, 0.15) is 17.1 Å². The molecule has 0 bridgehead atoms. The highest BCUT2D eigenvalue weighted by atomic mass is 32.1. The van der Waals surface area contributed by atoms with Crippen LogP contribution in [0.5, 0.6) is 0 Å². The van der Waals surface area contributed by atoms with Gasteiger partial charge in [0.2, 0.25) is 0 Å². The van der Waals surface area contributed by atoms with Gasteiger partial charge in [-0.15, -0.1) is 11.3 Å². The fraction of sp³-hybridized carbons (Fsp3) is 0.360. The fourth-order valence-corrected chi connectivity index (χ4v) is 4.84. The normalized spacial score (nSPS) is 22.9. The van der Waals surface area contributed by atoms with Crippen molar-refractivity contribution in [1.82, 2.24) is 9.88 Å². The van der Waals surface area contributed by atoms with Crippen LogP contribution in [0, 0.1) is 11.2 Å². The van der Waals surface area contributed by atoms with E-state index in [9.17, 15) is 14.0 Å². The number of nitrogens with zero attached hydrogens (tertiary/aromatic N) is 3. The Balaban J connectivity index is 1.76. The van der Waals surface area contributed by atoms with Gasteiger partial charge in [-0.3, -0.25) is 4.79 Å². The Morgan fingerprint density at radius 2 is 2.03 bits per heavy atom. The van der Waals surface area contributed by atoms with E-state index in [1.54, 1.807) is 27.9 Å². The highest BCUT2D eigenvalue weighted by molar-refractivity contribution is 7.07. The van der Waals surface area contributed by atoms with Crippen molar-refractivity contribution in [3.63, 3.8) is 0 Å². The molecule has 7 nitrogen and oxygen atoms in total. The lowest BCUT2D eigenvalue weighted by atomic mass is 9.64. The zero-order valence-electron chi connectivity index (χ0n) is 19.4. The zero-order chi connectivity index (χ0) is 24.5. The smallest absolute Gasteiger partial charge is 0.410 e. The van der Waals surface area contributed by atoms with Gasteiger partial charge >= 0.3 is 6.09 Å². The van der Waals surface area contributed by atoms with Gasteiger partial charge in [-0.25, -0.2) is 19.2 Å². The SMILES string of the molecule is CC(C)(C)OC(=O)N1CCC2=CC(=Nc3ccc(F)cc3)C(=CN)C[C@]2(C(=O)c2cscn2)C1. The third-order valence-electron chi connectivity index (χ3n) is 5.89. The maximum Gasteiger partial charge on any atom is 0.410 e. The number of carbonyl (C=O) groups is 2. The Bertz CT molecular complexity index is 1180. The molecule has 2 aromatic rings. The van der Waals surface area contributed by atoms with E-state index >= 15 is 0 Å². The molecule has 2 N–H and O–H groups in total. The number of allylic oxidation sites excluding steroid dienone is 2. The molecule has 34 heavy (non-hydrogen) atoms. The third-order valence-corrected chi connectivity index (χ3v) is 6.47. The largest absolute Gasteiger partial charge is 0.444 e. The van der Waals surface area contributed by atoms with Crippen molar-refractivity contribution in [3.8, 4) is 0 Å². The van der Waals surface area contributed by atoms with Crippen LogP contribution in [0.3, 0.4) is 0 Å². The van der Waals surface area contributed by atoms with E-state index < -0.39 is 17.1 Å². The molecule has 1 aliphatic carbocycles. The summed E-state index contributed by atoms with van der Waals surface area (Å²) in [6, 6.07) is 5.86. The summed E-state index contributed by atoms with van der Waals surface area (Å²) in [5, 5.41) is 1.72. The predicted octanol–water partition coefficient (Wildman–Crippen LogP) is 5.04. The number of amides is 1. The summed E-state index contributed by atoms with van der Waals surface area (Å²) in [6.45, 7) is 6.00. The van der Waals surface area contributed by atoms with Gasteiger partial charge < -0.3 is 15.4 Å². The molecule has 4 rings (SSSR count). The summed E-state index contributed by atoms with van der Waals surface area (Å²) in [5.74, 6) is -0.503. The minimum absolute atomic E-state index is 0.158. The maximum absolute atomic E-state index is 13.8. The molecule has 1 aromatic heterocycles. The molecule has 1 atom stereocenters. The lowest BCUT2D eigenvalue weighted by Gasteiger charge is -2.46. The number of aromatic nitrogens is 1.